The smallest absolute Gasteiger partial charge is 0.0958 e. The third-order valence-corrected chi connectivity index (χ3v) is 4.84. The van der Waals surface area contributed by atoms with Gasteiger partial charge < -0.3 is 15.0 Å². The Labute approximate surface area is 161 Å². The number of rotatable bonds is 4. The lowest BCUT2D eigenvalue weighted by Crippen LogP contribution is -2.44. The molecule has 0 saturated carbocycles. The zero-order valence-corrected chi connectivity index (χ0v) is 16.5. The molecule has 0 unspecified atom stereocenters. The summed E-state index contributed by atoms with van der Waals surface area (Å²) in [6.07, 6.45) is 5.56. The van der Waals surface area contributed by atoms with Crippen LogP contribution in [0.4, 0.5) is 0 Å². The van der Waals surface area contributed by atoms with Crippen molar-refractivity contribution < 1.29 is 5.11 Å². The zero-order valence-electron chi connectivity index (χ0n) is 12.5. The quantitative estimate of drug-likeness (QED) is 0.742. The molecule has 2 aromatic rings. The van der Waals surface area contributed by atoms with E-state index in [2.05, 4.69) is 30.8 Å². The van der Waals surface area contributed by atoms with Crippen LogP contribution in [0.1, 0.15) is 25.7 Å². The largest absolute Gasteiger partial charge is 0.392 e. The SMILES string of the molecule is Cl.Cl.O[C@H]1CCCN[C@@H]1CCCn1cnc2cc(Br)cc(Cl)c21. The van der Waals surface area contributed by atoms with Gasteiger partial charge in [-0.05, 0) is 44.4 Å². The van der Waals surface area contributed by atoms with Gasteiger partial charge in [-0.15, -0.1) is 24.8 Å². The zero-order chi connectivity index (χ0) is 14.8. The molecule has 2 atom stereocenters. The number of nitrogens with zero attached hydrogens (tertiary/aromatic N) is 2. The molecule has 130 valence electrons. The third-order valence-electron chi connectivity index (χ3n) is 4.09. The molecule has 1 aromatic carbocycles. The number of aliphatic hydroxyl groups is 1. The third kappa shape index (κ3) is 4.97. The molecule has 0 radical (unpaired) electrons. The molecule has 8 heteroatoms. The Kier molecular flexibility index (Phi) is 8.63. The van der Waals surface area contributed by atoms with Crippen LogP contribution in [0.3, 0.4) is 0 Å². The van der Waals surface area contributed by atoms with Gasteiger partial charge in [0.2, 0.25) is 0 Å². The van der Waals surface area contributed by atoms with Crippen LogP contribution >= 0.6 is 52.3 Å². The number of fused-ring (bicyclic) bond motifs is 1. The summed E-state index contributed by atoms with van der Waals surface area (Å²) in [6, 6.07) is 4.09. The molecule has 0 amide bonds. The summed E-state index contributed by atoms with van der Waals surface area (Å²) >= 11 is 9.75. The Bertz CT molecular complexity index is 638. The fourth-order valence-electron chi connectivity index (χ4n) is 3.01. The number of halogens is 4. The van der Waals surface area contributed by atoms with E-state index in [0.717, 1.165) is 54.3 Å². The van der Waals surface area contributed by atoms with Crippen molar-refractivity contribution in [3.05, 3.63) is 28.0 Å². The van der Waals surface area contributed by atoms with Gasteiger partial charge in [0.15, 0.2) is 0 Å². The van der Waals surface area contributed by atoms with Crippen LogP contribution in [0, 0.1) is 0 Å². The van der Waals surface area contributed by atoms with Crippen LogP contribution in [0.15, 0.2) is 22.9 Å². The van der Waals surface area contributed by atoms with Crippen LogP contribution in [0.25, 0.3) is 11.0 Å². The summed E-state index contributed by atoms with van der Waals surface area (Å²) in [5, 5.41) is 14.1. The molecule has 0 aliphatic carbocycles. The Morgan fingerprint density at radius 3 is 2.91 bits per heavy atom. The average molecular weight is 446 g/mol. The van der Waals surface area contributed by atoms with Gasteiger partial charge in [0.1, 0.15) is 0 Å². The molecule has 2 N–H and O–H groups in total. The van der Waals surface area contributed by atoms with E-state index in [1.54, 1.807) is 0 Å². The van der Waals surface area contributed by atoms with Gasteiger partial charge in [-0.2, -0.15) is 0 Å². The fraction of sp³-hybridized carbons (Fsp3) is 0.533. The van der Waals surface area contributed by atoms with Crippen molar-refractivity contribution in [1.82, 2.24) is 14.9 Å². The summed E-state index contributed by atoms with van der Waals surface area (Å²) in [7, 11) is 0. The van der Waals surface area contributed by atoms with Crippen molar-refractivity contribution in [2.45, 2.75) is 44.4 Å². The first kappa shape index (κ1) is 21.0. The van der Waals surface area contributed by atoms with Gasteiger partial charge in [-0.3, -0.25) is 0 Å². The number of nitrogens with one attached hydrogen (secondary N) is 1. The summed E-state index contributed by atoms with van der Waals surface area (Å²) < 4.78 is 3.04. The first-order valence-corrected chi connectivity index (χ1v) is 8.53. The van der Waals surface area contributed by atoms with E-state index in [4.69, 9.17) is 11.6 Å². The van der Waals surface area contributed by atoms with Crippen molar-refractivity contribution >= 4 is 63.4 Å². The van der Waals surface area contributed by atoms with Crippen molar-refractivity contribution in [2.24, 2.45) is 0 Å². The monoisotopic (exact) mass is 443 g/mol. The van der Waals surface area contributed by atoms with Crippen molar-refractivity contribution in [1.29, 1.82) is 0 Å². The highest BCUT2D eigenvalue weighted by Gasteiger charge is 2.21. The van der Waals surface area contributed by atoms with Crippen LogP contribution in [0.2, 0.25) is 5.02 Å². The van der Waals surface area contributed by atoms with E-state index >= 15 is 0 Å². The van der Waals surface area contributed by atoms with E-state index < -0.39 is 0 Å². The maximum atomic E-state index is 9.96. The second kappa shape index (κ2) is 9.44. The predicted octanol–water partition coefficient (Wildman–Crippen LogP) is 4.19. The first-order valence-electron chi connectivity index (χ1n) is 7.36. The van der Waals surface area contributed by atoms with Gasteiger partial charge in [0.05, 0.1) is 28.5 Å². The summed E-state index contributed by atoms with van der Waals surface area (Å²) in [6.45, 7) is 1.87. The summed E-state index contributed by atoms with van der Waals surface area (Å²) in [4.78, 5) is 4.40. The van der Waals surface area contributed by atoms with E-state index in [-0.39, 0.29) is 37.0 Å². The molecular weight excluding hydrogens is 424 g/mol. The standard InChI is InChI=1S/C15H19BrClN3O.2ClH/c16-10-7-11(17)15-13(8-10)19-9-20(15)6-2-3-12-14(21)4-1-5-18-12;;/h7-9,12,14,18,21H,1-6H2;2*1H/t12-,14+;;/m1../s1. The van der Waals surface area contributed by atoms with Crippen LogP contribution in [-0.4, -0.2) is 33.3 Å². The Morgan fingerprint density at radius 2 is 2.17 bits per heavy atom. The van der Waals surface area contributed by atoms with Crippen LogP contribution in [-0.2, 0) is 6.54 Å². The summed E-state index contributed by atoms with van der Waals surface area (Å²) in [5.41, 5.74) is 1.89. The molecule has 23 heavy (non-hydrogen) atoms. The fourth-order valence-corrected chi connectivity index (χ4v) is 3.91. The van der Waals surface area contributed by atoms with Crippen molar-refractivity contribution in [2.75, 3.05) is 6.54 Å². The number of hydrogen-bond donors (Lipinski definition) is 2. The van der Waals surface area contributed by atoms with E-state index in [1.807, 2.05) is 18.5 Å². The Balaban J connectivity index is 0.00000132. The van der Waals surface area contributed by atoms with E-state index in [9.17, 15) is 5.11 Å². The number of benzene rings is 1. The number of aliphatic hydroxyl groups excluding tert-OH is 1. The Morgan fingerprint density at radius 1 is 1.39 bits per heavy atom. The van der Waals surface area contributed by atoms with Gasteiger partial charge in [0.25, 0.3) is 0 Å². The second-order valence-corrected chi connectivity index (χ2v) is 6.93. The highest BCUT2D eigenvalue weighted by molar-refractivity contribution is 9.10. The molecule has 1 fully saturated rings. The lowest BCUT2D eigenvalue weighted by Gasteiger charge is -2.29. The maximum absolute atomic E-state index is 9.96. The van der Waals surface area contributed by atoms with Gasteiger partial charge >= 0.3 is 0 Å². The lowest BCUT2D eigenvalue weighted by atomic mass is 9.97. The molecule has 0 spiro atoms. The second-order valence-electron chi connectivity index (χ2n) is 5.61. The highest BCUT2D eigenvalue weighted by Crippen LogP contribution is 2.27. The molecule has 2 heterocycles. The normalized spacial score (nSPS) is 20.8. The molecule has 1 saturated heterocycles. The molecule has 4 nitrogen and oxygen atoms in total. The molecule has 0 bridgehead atoms. The number of aromatic nitrogens is 2. The van der Waals surface area contributed by atoms with Crippen LogP contribution < -0.4 is 5.32 Å². The van der Waals surface area contributed by atoms with E-state index in [0.29, 0.717) is 5.02 Å². The Hall–Kier alpha value is -0.0400. The van der Waals surface area contributed by atoms with Crippen molar-refractivity contribution in [3.63, 3.8) is 0 Å². The van der Waals surface area contributed by atoms with Crippen LogP contribution in [0.5, 0.6) is 0 Å². The number of aryl methyl sites for hydroxylation is 1. The maximum Gasteiger partial charge on any atom is 0.0958 e. The predicted molar refractivity (Wildman–Crippen MR) is 103 cm³/mol. The molecule has 1 aliphatic rings. The van der Waals surface area contributed by atoms with E-state index in [1.165, 1.54) is 0 Å². The molecule has 1 aromatic heterocycles. The van der Waals surface area contributed by atoms with Gasteiger partial charge in [-0.1, -0.05) is 27.5 Å². The first-order chi connectivity index (χ1) is 10.1. The molecular formula is C15H21BrCl3N3O. The minimum atomic E-state index is -0.210. The topological polar surface area (TPSA) is 50.1 Å². The highest BCUT2D eigenvalue weighted by atomic mass is 79.9. The number of hydrogen-bond acceptors (Lipinski definition) is 3. The minimum Gasteiger partial charge on any atom is -0.392 e. The lowest BCUT2D eigenvalue weighted by molar-refractivity contribution is 0.0909. The molecule has 3 rings (SSSR count). The minimum absolute atomic E-state index is 0. The average Bonchev–Trinajstić information content (AvgIpc) is 2.84. The number of piperidine rings is 1. The van der Waals surface area contributed by atoms with Crippen molar-refractivity contribution in [3.8, 4) is 0 Å². The summed E-state index contributed by atoms with van der Waals surface area (Å²) in [5.74, 6) is 0. The molecule has 1 aliphatic heterocycles. The number of imidazole rings is 1. The van der Waals surface area contributed by atoms with Gasteiger partial charge in [0, 0.05) is 17.1 Å². The van der Waals surface area contributed by atoms with Gasteiger partial charge in [-0.25, -0.2) is 4.98 Å².